The van der Waals surface area contributed by atoms with Crippen molar-refractivity contribution in [3.05, 3.63) is 29.7 Å². The van der Waals surface area contributed by atoms with Gasteiger partial charge in [-0.2, -0.15) is 4.98 Å². The standard InChI is InChI=1S/C12H13N3O2/c1-7-4-8-2-3-9(5-10(8)16-7)12-14-11(6-13)17-15-12/h2-3,5,7H,4,6,13H2,1H3. The van der Waals surface area contributed by atoms with Crippen LogP contribution in [-0.4, -0.2) is 16.2 Å². The third kappa shape index (κ3) is 1.78. The fraction of sp³-hybridized carbons (Fsp3) is 0.333. The maximum Gasteiger partial charge on any atom is 0.240 e. The van der Waals surface area contributed by atoms with Gasteiger partial charge < -0.3 is 15.0 Å². The van der Waals surface area contributed by atoms with Gasteiger partial charge in [-0.3, -0.25) is 0 Å². The third-order valence-corrected chi connectivity index (χ3v) is 2.80. The molecule has 0 aliphatic carbocycles. The van der Waals surface area contributed by atoms with Gasteiger partial charge in [-0.25, -0.2) is 0 Å². The molecule has 0 saturated carbocycles. The summed E-state index contributed by atoms with van der Waals surface area (Å²) in [5.74, 6) is 1.90. The van der Waals surface area contributed by atoms with Gasteiger partial charge in [-0.1, -0.05) is 17.3 Å². The molecule has 1 aromatic heterocycles. The monoisotopic (exact) mass is 231 g/mol. The molecule has 0 spiro atoms. The average Bonchev–Trinajstić information content (AvgIpc) is 2.92. The van der Waals surface area contributed by atoms with Crippen molar-refractivity contribution >= 4 is 0 Å². The van der Waals surface area contributed by atoms with Crippen LogP contribution in [-0.2, 0) is 13.0 Å². The van der Waals surface area contributed by atoms with Crippen molar-refractivity contribution in [3.63, 3.8) is 0 Å². The molecule has 88 valence electrons. The minimum absolute atomic E-state index is 0.241. The van der Waals surface area contributed by atoms with Crippen molar-refractivity contribution in [1.82, 2.24) is 10.1 Å². The first kappa shape index (κ1) is 10.3. The summed E-state index contributed by atoms with van der Waals surface area (Å²) in [6, 6.07) is 5.97. The van der Waals surface area contributed by atoms with Crippen LogP contribution in [0.15, 0.2) is 22.7 Å². The minimum Gasteiger partial charge on any atom is -0.490 e. The largest absolute Gasteiger partial charge is 0.490 e. The summed E-state index contributed by atoms with van der Waals surface area (Å²) in [6.07, 6.45) is 1.20. The SMILES string of the molecule is CC1Cc2ccc(-c3noc(CN)n3)cc2O1. The van der Waals surface area contributed by atoms with Crippen molar-refractivity contribution in [2.75, 3.05) is 0 Å². The van der Waals surface area contributed by atoms with Crippen LogP contribution in [0.2, 0.25) is 0 Å². The molecular weight excluding hydrogens is 218 g/mol. The first-order valence-corrected chi connectivity index (χ1v) is 5.59. The summed E-state index contributed by atoms with van der Waals surface area (Å²) in [7, 11) is 0. The maximum atomic E-state index is 5.69. The topological polar surface area (TPSA) is 74.2 Å². The van der Waals surface area contributed by atoms with Gasteiger partial charge in [0, 0.05) is 12.0 Å². The van der Waals surface area contributed by atoms with Gasteiger partial charge in [-0.05, 0) is 18.6 Å². The van der Waals surface area contributed by atoms with E-state index in [1.807, 2.05) is 18.2 Å². The van der Waals surface area contributed by atoms with Crippen LogP contribution < -0.4 is 10.5 Å². The number of rotatable bonds is 2. The molecule has 1 aliphatic rings. The van der Waals surface area contributed by atoms with E-state index in [4.69, 9.17) is 15.0 Å². The second-order valence-electron chi connectivity index (χ2n) is 4.17. The number of fused-ring (bicyclic) bond motifs is 1. The Kier molecular flexibility index (Phi) is 2.33. The van der Waals surface area contributed by atoms with Gasteiger partial charge >= 0.3 is 0 Å². The van der Waals surface area contributed by atoms with E-state index in [0.717, 1.165) is 17.7 Å². The Morgan fingerprint density at radius 2 is 2.35 bits per heavy atom. The van der Waals surface area contributed by atoms with Crippen molar-refractivity contribution in [2.45, 2.75) is 26.0 Å². The summed E-state index contributed by atoms with van der Waals surface area (Å²) in [5, 5.41) is 3.88. The van der Waals surface area contributed by atoms with E-state index in [9.17, 15) is 0 Å². The van der Waals surface area contributed by atoms with E-state index < -0.39 is 0 Å². The second kappa shape index (κ2) is 3.85. The number of ether oxygens (including phenoxy) is 1. The lowest BCUT2D eigenvalue weighted by Gasteiger charge is -2.02. The quantitative estimate of drug-likeness (QED) is 0.848. The minimum atomic E-state index is 0.241. The van der Waals surface area contributed by atoms with Gasteiger partial charge in [0.1, 0.15) is 11.9 Å². The molecule has 0 fully saturated rings. The number of nitrogens with zero attached hydrogens (tertiary/aromatic N) is 2. The molecule has 3 rings (SSSR count). The first-order chi connectivity index (χ1) is 8.26. The smallest absolute Gasteiger partial charge is 0.240 e. The molecule has 1 unspecified atom stereocenters. The molecule has 5 heteroatoms. The van der Waals surface area contributed by atoms with E-state index in [1.54, 1.807) is 0 Å². The number of nitrogens with two attached hydrogens (primary N) is 1. The highest BCUT2D eigenvalue weighted by molar-refractivity contribution is 5.59. The first-order valence-electron chi connectivity index (χ1n) is 5.59. The van der Waals surface area contributed by atoms with Crippen molar-refractivity contribution in [2.24, 2.45) is 5.73 Å². The fourth-order valence-electron chi connectivity index (χ4n) is 2.00. The zero-order valence-corrected chi connectivity index (χ0v) is 9.51. The summed E-state index contributed by atoms with van der Waals surface area (Å²) >= 11 is 0. The predicted molar refractivity (Wildman–Crippen MR) is 61.4 cm³/mol. The van der Waals surface area contributed by atoms with Gasteiger partial charge in [0.2, 0.25) is 11.7 Å². The van der Waals surface area contributed by atoms with E-state index in [1.165, 1.54) is 5.56 Å². The van der Waals surface area contributed by atoms with Crippen LogP contribution in [0.1, 0.15) is 18.4 Å². The molecule has 5 nitrogen and oxygen atoms in total. The Balaban J connectivity index is 1.97. The summed E-state index contributed by atoms with van der Waals surface area (Å²) in [4.78, 5) is 4.19. The molecule has 1 aliphatic heterocycles. The normalized spacial score (nSPS) is 17.9. The van der Waals surface area contributed by atoms with Crippen LogP contribution in [0.3, 0.4) is 0 Å². The number of benzene rings is 1. The Morgan fingerprint density at radius 3 is 3.12 bits per heavy atom. The molecule has 1 atom stereocenters. The number of aromatic nitrogens is 2. The maximum absolute atomic E-state index is 5.69. The Bertz CT molecular complexity index is 550. The summed E-state index contributed by atoms with van der Waals surface area (Å²) in [5.41, 5.74) is 7.54. The molecule has 0 bridgehead atoms. The predicted octanol–water partition coefficient (Wildman–Crippen LogP) is 1.52. The van der Waals surface area contributed by atoms with Gasteiger partial charge in [0.05, 0.1) is 6.54 Å². The Hall–Kier alpha value is -1.88. The number of hydrogen-bond acceptors (Lipinski definition) is 5. The lowest BCUT2D eigenvalue weighted by Crippen LogP contribution is -2.05. The third-order valence-electron chi connectivity index (χ3n) is 2.80. The van der Waals surface area contributed by atoms with Gasteiger partial charge in [0.15, 0.2) is 0 Å². The van der Waals surface area contributed by atoms with E-state index >= 15 is 0 Å². The molecule has 2 heterocycles. The van der Waals surface area contributed by atoms with E-state index in [0.29, 0.717) is 11.7 Å². The lowest BCUT2D eigenvalue weighted by atomic mass is 10.1. The average molecular weight is 231 g/mol. The zero-order chi connectivity index (χ0) is 11.8. The van der Waals surface area contributed by atoms with Crippen LogP contribution >= 0.6 is 0 Å². The summed E-state index contributed by atoms with van der Waals surface area (Å²) in [6.45, 7) is 2.31. The van der Waals surface area contributed by atoms with Gasteiger partial charge in [0.25, 0.3) is 0 Å². The molecule has 0 radical (unpaired) electrons. The number of hydrogen-bond donors (Lipinski definition) is 1. The van der Waals surface area contributed by atoms with E-state index in [-0.39, 0.29) is 12.6 Å². The Labute approximate surface area is 98.6 Å². The van der Waals surface area contributed by atoms with Crippen LogP contribution in [0.4, 0.5) is 0 Å². The highest BCUT2D eigenvalue weighted by Crippen LogP contribution is 2.32. The van der Waals surface area contributed by atoms with Crippen LogP contribution in [0.25, 0.3) is 11.4 Å². The molecule has 1 aromatic carbocycles. The lowest BCUT2D eigenvalue weighted by molar-refractivity contribution is 0.254. The zero-order valence-electron chi connectivity index (χ0n) is 9.51. The molecule has 17 heavy (non-hydrogen) atoms. The van der Waals surface area contributed by atoms with E-state index in [2.05, 4.69) is 17.1 Å². The molecule has 0 saturated heterocycles. The van der Waals surface area contributed by atoms with Gasteiger partial charge in [-0.15, -0.1) is 0 Å². The molecule has 2 aromatic rings. The van der Waals surface area contributed by atoms with Crippen molar-refractivity contribution in [3.8, 4) is 17.1 Å². The molecular formula is C12H13N3O2. The summed E-state index contributed by atoms with van der Waals surface area (Å²) < 4.78 is 10.7. The highest BCUT2D eigenvalue weighted by Gasteiger charge is 2.20. The van der Waals surface area contributed by atoms with Crippen LogP contribution in [0, 0.1) is 0 Å². The second-order valence-corrected chi connectivity index (χ2v) is 4.17. The van der Waals surface area contributed by atoms with Crippen molar-refractivity contribution < 1.29 is 9.26 Å². The molecule has 2 N–H and O–H groups in total. The van der Waals surface area contributed by atoms with Crippen molar-refractivity contribution in [1.29, 1.82) is 0 Å². The Morgan fingerprint density at radius 1 is 1.47 bits per heavy atom. The fourth-order valence-corrected chi connectivity index (χ4v) is 2.00. The molecule has 0 amide bonds. The van der Waals surface area contributed by atoms with Crippen LogP contribution in [0.5, 0.6) is 5.75 Å². The highest BCUT2D eigenvalue weighted by atomic mass is 16.5.